The molecule has 2 N–H and O–H groups in total. The number of benzene rings is 1. The van der Waals surface area contributed by atoms with Crippen molar-refractivity contribution in [2.24, 2.45) is 7.05 Å². The van der Waals surface area contributed by atoms with E-state index in [4.69, 9.17) is 15.2 Å². The fourth-order valence-electron chi connectivity index (χ4n) is 2.39. The number of hydrogen-bond acceptors (Lipinski definition) is 5. The summed E-state index contributed by atoms with van der Waals surface area (Å²) in [5.74, 6) is 4.34. The molecule has 1 unspecified atom stereocenters. The van der Waals surface area contributed by atoms with Crippen LogP contribution in [0.3, 0.4) is 0 Å². The summed E-state index contributed by atoms with van der Waals surface area (Å²) < 4.78 is 13.2. The van der Waals surface area contributed by atoms with Crippen LogP contribution in [0.15, 0.2) is 24.4 Å². The molecule has 1 atom stereocenters. The Bertz CT molecular complexity index is 636. The molecule has 0 aliphatic carbocycles. The molecular weight excluding hydrogens is 286 g/mol. The maximum absolute atomic E-state index is 6.09. The Morgan fingerprint density at radius 1 is 1.38 bits per heavy atom. The van der Waals surface area contributed by atoms with Crippen LogP contribution in [-0.2, 0) is 7.05 Å². The van der Waals surface area contributed by atoms with Crippen LogP contribution in [0.1, 0.15) is 6.42 Å². The first-order chi connectivity index (χ1) is 10.2. The largest absolute Gasteiger partial charge is 0.493 e. The third-order valence-corrected chi connectivity index (χ3v) is 4.77. The Balaban J connectivity index is 1.94. The second-order valence-electron chi connectivity index (χ2n) is 5.04. The minimum atomic E-state index is 0.255. The summed E-state index contributed by atoms with van der Waals surface area (Å²) in [6.45, 7) is 0. The number of nitrogens with two attached hydrogens (primary N) is 1. The van der Waals surface area contributed by atoms with E-state index in [9.17, 15) is 0 Å². The highest BCUT2D eigenvalue weighted by Crippen LogP contribution is 2.36. The Morgan fingerprint density at radius 3 is 2.86 bits per heavy atom. The average molecular weight is 305 g/mol. The van der Waals surface area contributed by atoms with Crippen molar-refractivity contribution in [2.75, 3.05) is 24.3 Å². The molecule has 1 aromatic heterocycles. The SMILES string of the molecule is COc1ccc(-c2cnn(C)c2N)cc1OC1CCSC1. The fraction of sp³-hybridized carbons (Fsp3) is 0.400. The number of aryl methyl sites for hydroxylation is 1. The molecule has 0 radical (unpaired) electrons. The molecule has 21 heavy (non-hydrogen) atoms. The van der Waals surface area contributed by atoms with Crippen LogP contribution in [0.4, 0.5) is 5.82 Å². The first-order valence-electron chi connectivity index (χ1n) is 6.89. The van der Waals surface area contributed by atoms with Gasteiger partial charge in [-0.05, 0) is 29.9 Å². The van der Waals surface area contributed by atoms with Gasteiger partial charge in [0.05, 0.1) is 13.3 Å². The number of hydrogen-bond donors (Lipinski definition) is 1. The molecule has 112 valence electrons. The topological polar surface area (TPSA) is 62.3 Å². The van der Waals surface area contributed by atoms with Gasteiger partial charge in [0, 0.05) is 18.4 Å². The van der Waals surface area contributed by atoms with E-state index in [2.05, 4.69) is 5.10 Å². The normalized spacial score (nSPS) is 17.9. The Morgan fingerprint density at radius 2 is 2.24 bits per heavy atom. The zero-order chi connectivity index (χ0) is 14.8. The van der Waals surface area contributed by atoms with Gasteiger partial charge in [-0.3, -0.25) is 4.68 Å². The summed E-state index contributed by atoms with van der Waals surface area (Å²) >= 11 is 1.92. The molecule has 0 amide bonds. The van der Waals surface area contributed by atoms with Crippen LogP contribution < -0.4 is 15.2 Å². The van der Waals surface area contributed by atoms with Crippen molar-refractivity contribution in [3.05, 3.63) is 24.4 Å². The van der Waals surface area contributed by atoms with Crippen molar-refractivity contribution in [2.45, 2.75) is 12.5 Å². The number of rotatable bonds is 4. The summed E-state index contributed by atoms with van der Waals surface area (Å²) in [7, 11) is 3.49. The Kier molecular flexibility index (Phi) is 3.96. The highest BCUT2D eigenvalue weighted by molar-refractivity contribution is 7.99. The predicted octanol–water partition coefficient (Wildman–Crippen LogP) is 2.56. The summed E-state index contributed by atoms with van der Waals surface area (Å²) in [6.07, 6.45) is 3.10. The van der Waals surface area contributed by atoms with E-state index in [1.165, 1.54) is 0 Å². The van der Waals surface area contributed by atoms with Gasteiger partial charge >= 0.3 is 0 Å². The van der Waals surface area contributed by atoms with E-state index in [1.54, 1.807) is 18.0 Å². The average Bonchev–Trinajstić information content (AvgIpc) is 3.11. The van der Waals surface area contributed by atoms with Gasteiger partial charge in [-0.15, -0.1) is 0 Å². The maximum atomic E-state index is 6.09. The van der Waals surface area contributed by atoms with Gasteiger partial charge in [0.15, 0.2) is 11.5 Å². The van der Waals surface area contributed by atoms with E-state index in [0.717, 1.165) is 40.6 Å². The van der Waals surface area contributed by atoms with Gasteiger partial charge in [-0.2, -0.15) is 16.9 Å². The molecule has 1 aromatic carbocycles. The van der Waals surface area contributed by atoms with Crippen molar-refractivity contribution in [1.29, 1.82) is 0 Å². The summed E-state index contributed by atoms with van der Waals surface area (Å²) in [4.78, 5) is 0. The molecule has 2 heterocycles. The van der Waals surface area contributed by atoms with Gasteiger partial charge in [0.25, 0.3) is 0 Å². The molecule has 0 spiro atoms. The summed E-state index contributed by atoms with van der Waals surface area (Å²) in [5.41, 5.74) is 7.94. The number of thioether (sulfide) groups is 1. The number of aromatic nitrogens is 2. The van der Waals surface area contributed by atoms with Crippen molar-refractivity contribution < 1.29 is 9.47 Å². The van der Waals surface area contributed by atoms with Gasteiger partial charge in [0.2, 0.25) is 0 Å². The lowest BCUT2D eigenvalue weighted by molar-refractivity contribution is 0.218. The van der Waals surface area contributed by atoms with Crippen LogP contribution in [0.25, 0.3) is 11.1 Å². The van der Waals surface area contributed by atoms with E-state index in [0.29, 0.717) is 5.82 Å². The number of nitrogens with zero attached hydrogens (tertiary/aromatic N) is 2. The van der Waals surface area contributed by atoms with Crippen LogP contribution in [0, 0.1) is 0 Å². The quantitative estimate of drug-likeness (QED) is 0.940. The maximum Gasteiger partial charge on any atom is 0.162 e. The molecule has 2 aromatic rings. The molecule has 1 fully saturated rings. The fourth-order valence-corrected chi connectivity index (χ4v) is 3.48. The van der Waals surface area contributed by atoms with E-state index < -0.39 is 0 Å². The van der Waals surface area contributed by atoms with Gasteiger partial charge in [0.1, 0.15) is 11.9 Å². The van der Waals surface area contributed by atoms with Crippen molar-refractivity contribution in [3.8, 4) is 22.6 Å². The first-order valence-corrected chi connectivity index (χ1v) is 8.05. The molecule has 1 saturated heterocycles. The monoisotopic (exact) mass is 305 g/mol. The highest BCUT2D eigenvalue weighted by atomic mass is 32.2. The summed E-state index contributed by atoms with van der Waals surface area (Å²) in [5, 5.41) is 4.18. The van der Waals surface area contributed by atoms with E-state index >= 15 is 0 Å². The molecule has 1 aliphatic rings. The zero-order valence-electron chi connectivity index (χ0n) is 12.2. The number of nitrogen functional groups attached to an aromatic ring is 1. The number of methoxy groups -OCH3 is 1. The molecule has 3 rings (SSSR count). The van der Waals surface area contributed by atoms with Crippen LogP contribution in [-0.4, -0.2) is 34.5 Å². The molecular formula is C15H19N3O2S. The minimum absolute atomic E-state index is 0.255. The molecule has 6 heteroatoms. The van der Waals surface area contributed by atoms with Crippen LogP contribution in [0.5, 0.6) is 11.5 Å². The van der Waals surface area contributed by atoms with Crippen molar-refractivity contribution >= 4 is 17.6 Å². The predicted molar refractivity (Wildman–Crippen MR) is 86.0 cm³/mol. The summed E-state index contributed by atoms with van der Waals surface area (Å²) in [6, 6.07) is 5.87. The lowest BCUT2D eigenvalue weighted by atomic mass is 10.1. The molecule has 0 saturated carbocycles. The third kappa shape index (κ3) is 2.81. The molecule has 0 bridgehead atoms. The smallest absolute Gasteiger partial charge is 0.162 e. The highest BCUT2D eigenvalue weighted by Gasteiger charge is 2.19. The lowest BCUT2D eigenvalue weighted by Crippen LogP contribution is -2.15. The second kappa shape index (κ2) is 5.89. The van der Waals surface area contributed by atoms with E-state index in [-0.39, 0.29) is 6.10 Å². The Hall–Kier alpha value is -1.82. The van der Waals surface area contributed by atoms with E-state index in [1.807, 2.05) is 37.0 Å². The van der Waals surface area contributed by atoms with Gasteiger partial charge in [-0.1, -0.05) is 6.07 Å². The third-order valence-electron chi connectivity index (χ3n) is 3.64. The van der Waals surface area contributed by atoms with Gasteiger partial charge < -0.3 is 15.2 Å². The van der Waals surface area contributed by atoms with Crippen LogP contribution in [0.2, 0.25) is 0 Å². The first kappa shape index (κ1) is 14.1. The number of anilines is 1. The van der Waals surface area contributed by atoms with Crippen molar-refractivity contribution in [1.82, 2.24) is 9.78 Å². The minimum Gasteiger partial charge on any atom is -0.493 e. The Labute approximate surface area is 128 Å². The number of ether oxygens (including phenoxy) is 2. The molecule has 1 aliphatic heterocycles. The zero-order valence-corrected chi connectivity index (χ0v) is 13.0. The molecule has 5 nitrogen and oxygen atoms in total. The standard InChI is InChI=1S/C15H19N3O2S/c1-18-15(16)12(8-17-18)10-3-4-13(19-2)14(7-10)20-11-5-6-21-9-11/h3-4,7-8,11H,5-6,9,16H2,1-2H3. The van der Waals surface area contributed by atoms with Crippen LogP contribution >= 0.6 is 11.8 Å². The lowest BCUT2D eigenvalue weighted by Gasteiger charge is -2.16. The van der Waals surface area contributed by atoms with Crippen molar-refractivity contribution in [3.63, 3.8) is 0 Å². The van der Waals surface area contributed by atoms with Gasteiger partial charge in [-0.25, -0.2) is 0 Å². The second-order valence-corrected chi connectivity index (χ2v) is 6.19.